The highest BCUT2D eigenvalue weighted by Crippen LogP contribution is 2.31. The molecule has 0 atom stereocenters. The number of nitro benzene ring substituents is 2. The lowest BCUT2D eigenvalue weighted by atomic mass is 10.0. The van der Waals surface area contributed by atoms with Gasteiger partial charge < -0.3 is 10.6 Å². The second kappa shape index (κ2) is 11.3. The lowest BCUT2D eigenvalue weighted by Crippen LogP contribution is -2.12. The van der Waals surface area contributed by atoms with Crippen LogP contribution in [0.2, 0.25) is 0 Å². The van der Waals surface area contributed by atoms with Crippen molar-refractivity contribution in [3.05, 3.63) is 139 Å². The second-order valence-electron chi connectivity index (χ2n) is 8.30. The number of carbonyl (C=O) groups excluding carboxylic acids is 2. The van der Waals surface area contributed by atoms with E-state index in [-0.39, 0.29) is 51.4 Å². The summed E-state index contributed by atoms with van der Waals surface area (Å²) in [5, 5.41) is 28.5. The van der Waals surface area contributed by atoms with E-state index in [0.29, 0.717) is 0 Å². The van der Waals surface area contributed by atoms with Crippen molar-refractivity contribution in [1.29, 1.82) is 0 Å². The van der Waals surface area contributed by atoms with E-state index in [9.17, 15) is 38.6 Å². The third-order valence-electron chi connectivity index (χ3n) is 5.67. The number of nitrogens with zero attached hydrogens (tertiary/aromatic N) is 2. The van der Waals surface area contributed by atoms with Gasteiger partial charge in [-0.05, 0) is 72.8 Å². The molecule has 0 aromatic heterocycles. The van der Waals surface area contributed by atoms with E-state index in [4.69, 9.17) is 0 Å². The zero-order valence-corrected chi connectivity index (χ0v) is 19.9. The van der Waals surface area contributed by atoms with Crippen molar-refractivity contribution >= 4 is 34.6 Å². The fraction of sp³-hybridized carbons (Fsp3) is 0.0370. The molecular weight excluding hydrogens is 514 g/mol. The molecule has 39 heavy (non-hydrogen) atoms. The van der Waals surface area contributed by atoms with E-state index in [1.54, 1.807) is 0 Å². The first-order chi connectivity index (χ1) is 18.6. The van der Waals surface area contributed by atoms with Crippen molar-refractivity contribution < 1.29 is 28.2 Å². The van der Waals surface area contributed by atoms with Crippen LogP contribution >= 0.6 is 0 Å². The molecule has 0 radical (unpaired) electrons. The van der Waals surface area contributed by atoms with Crippen LogP contribution in [0.15, 0.2) is 84.9 Å². The van der Waals surface area contributed by atoms with Crippen LogP contribution in [-0.2, 0) is 6.42 Å². The molecule has 0 fully saturated rings. The van der Waals surface area contributed by atoms with Crippen LogP contribution in [0.4, 0.5) is 31.5 Å². The first kappa shape index (κ1) is 26.5. The largest absolute Gasteiger partial charge is 0.322 e. The quantitative estimate of drug-likeness (QED) is 0.214. The molecule has 12 heteroatoms. The van der Waals surface area contributed by atoms with Gasteiger partial charge in [0.05, 0.1) is 9.85 Å². The van der Waals surface area contributed by atoms with E-state index >= 15 is 0 Å². The number of rotatable bonds is 8. The van der Waals surface area contributed by atoms with Crippen molar-refractivity contribution in [3.8, 4) is 0 Å². The van der Waals surface area contributed by atoms with Crippen molar-refractivity contribution in [2.75, 3.05) is 10.6 Å². The minimum absolute atomic E-state index is 0.105. The van der Waals surface area contributed by atoms with Crippen LogP contribution in [0.3, 0.4) is 0 Å². The fourth-order valence-electron chi connectivity index (χ4n) is 3.74. The Bertz CT molecular complexity index is 1470. The maximum atomic E-state index is 13.1. The summed E-state index contributed by atoms with van der Waals surface area (Å²) < 4.78 is 26.2. The van der Waals surface area contributed by atoms with Gasteiger partial charge in [0.2, 0.25) is 0 Å². The topological polar surface area (TPSA) is 144 Å². The van der Waals surface area contributed by atoms with Crippen LogP contribution in [0.5, 0.6) is 0 Å². The average molecular weight is 532 g/mol. The summed E-state index contributed by atoms with van der Waals surface area (Å²) in [6, 6.07) is 17.3. The van der Waals surface area contributed by atoms with Gasteiger partial charge in [-0.25, -0.2) is 8.78 Å². The molecule has 4 aromatic carbocycles. The molecule has 196 valence electrons. The summed E-state index contributed by atoms with van der Waals surface area (Å²) in [5.41, 5.74) is 0.0266. The molecule has 0 saturated carbocycles. The molecule has 0 bridgehead atoms. The Kier molecular flexibility index (Phi) is 7.66. The highest BCUT2D eigenvalue weighted by Gasteiger charge is 2.22. The van der Waals surface area contributed by atoms with E-state index in [1.807, 2.05) is 0 Å². The summed E-state index contributed by atoms with van der Waals surface area (Å²) in [6.45, 7) is 0. The fourth-order valence-corrected chi connectivity index (χ4v) is 3.74. The SMILES string of the molecule is O=C(Nc1ccc(Cc2ccc(NC(=O)c3ccc(F)cc3)cc2[N+](=O)[O-])c([N+](=O)[O-])c1)c1ccc(F)cc1. The number of carbonyl (C=O) groups is 2. The molecule has 0 heterocycles. The highest BCUT2D eigenvalue weighted by molar-refractivity contribution is 6.05. The van der Waals surface area contributed by atoms with Crippen LogP contribution in [0, 0.1) is 31.9 Å². The lowest BCUT2D eigenvalue weighted by Gasteiger charge is -2.10. The zero-order valence-electron chi connectivity index (χ0n) is 19.9. The summed E-state index contributed by atoms with van der Waals surface area (Å²) in [6.07, 6.45) is -0.189. The highest BCUT2D eigenvalue weighted by atomic mass is 19.1. The summed E-state index contributed by atoms with van der Waals surface area (Å²) >= 11 is 0. The molecule has 0 spiro atoms. The van der Waals surface area contributed by atoms with Gasteiger partial charge in [0.25, 0.3) is 23.2 Å². The summed E-state index contributed by atoms with van der Waals surface area (Å²) in [4.78, 5) is 46.9. The van der Waals surface area contributed by atoms with Gasteiger partial charge >= 0.3 is 0 Å². The molecule has 4 aromatic rings. The summed E-state index contributed by atoms with van der Waals surface area (Å²) in [5.74, 6) is -2.26. The van der Waals surface area contributed by atoms with Crippen molar-refractivity contribution in [1.82, 2.24) is 0 Å². The van der Waals surface area contributed by atoms with Gasteiger partial charge in [-0.3, -0.25) is 29.8 Å². The molecular formula is C27H18F2N4O6. The Hall–Kier alpha value is -5.52. The Morgan fingerprint density at radius 1 is 0.615 bits per heavy atom. The van der Waals surface area contributed by atoms with E-state index in [0.717, 1.165) is 36.4 Å². The molecule has 2 N–H and O–H groups in total. The molecule has 4 rings (SSSR count). The number of hydrogen-bond acceptors (Lipinski definition) is 6. The minimum atomic E-state index is -0.675. The Morgan fingerprint density at radius 2 is 0.974 bits per heavy atom. The zero-order chi connectivity index (χ0) is 28.1. The first-order valence-corrected chi connectivity index (χ1v) is 11.3. The van der Waals surface area contributed by atoms with Gasteiger partial charge in [0.1, 0.15) is 11.6 Å². The molecule has 2 amide bonds. The number of hydrogen-bond donors (Lipinski definition) is 2. The number of halogens is 2. The number of nitro groups is 2. The molecule has 0 unspecified atom stereocenters. The normalized spacial score (nSPS) is 10.5. The number of amides is 2. The van der Waals surface area contributed by atoms with E-state index in [2.05, 4.69) is 10.6 Å². The maximum absolute atomic E-state index is 13.1. The maximum Gasteiger partial charge on any atom is 0.275 e. The lowest BCUT2D eigenvalue weighted by molar-refractivity contribution is -0.386. The number of benzene rings is 4. The Balaban J connectivity index is 1.56. The third-order valence-corrected chi connectivity index (χ3v) is 5.67. The second-order valence-corrected chi connectivity index (χ2v) is 8.30. The predicted molar refractivity (Wildman–Crippen MR) is 138 cm³/mol. The molecule has 0 aliphatic heterocycles. The van der Waals surface area contributed by atoms with Crippen LogP contribution in [0.1, 0.15) is 31.8 Å². The third kappa shape index (κ3) is 6.43. The molecule has 0 saturated heterocycles. The van der Waals surface area contributed by atoms with Crippen molar-refractivity contribution in [3.63, 3.8) is 0 Å². The van der Waals surface area contributed by atoms with Gasteiger partial charge in [0.15, 0.2) is 0 Å². The van der Waals surface area contributed by atoms with Gasteiger partial charge in [-0.15, -0.1) is 0 Å². The van der Waals surface area contributed by atoms with Crippen LogP contribution < -0.4 is 10.6 Å². The van der Waals surface area contributed by atoms with Gasteiger partial charge in [-0.2, -0.15) is 0 Å². The van der Waals surface area contributed by atoms with Crippen LogP contribution in [0.25, 0.3) is 0 Å². The van der Waals surface area contributed by atoms with Gasteiger partial charge in [0, 0.05) is 52.2 Å². The Morgan fingerprint density at radius 3 is 1.31 bits per heavy atom. The number of anilines is 2. The van der Waals surface area contributed by atoms with Crippen LogP contribution in [-0.4, -0.2) is 21.7 Å². The summed E-state index contributed by atoms with van der Waals surface area (Å²) in [7, 11) is 0. The predicted octanol–water partition coefficient (Wildman–Crippen LogP) is 5.88. The Labute approximate surface area is 219 Å². The van der Waals surface area contributed by atoms with Gasteiger partial charge in [-0.1, -0.05) is 0 Å². The minimum Gasteiger partial charge on any atom is -0.322 e. The first-order valence-electron chi connectivity index (χ1n) is 11.3. The molecule has 0 aliphatic rings. The molecule has 10 nitrogen and oxygen atoms in total. The standard InChI is InChI=1S/C27H18F2N4O6/c28-20-7-1-16(2-8-20)26(34)30-22-11-5-18(24(14-22)32(36)37)13-19-6-12-23(15-25(19)33(38)39)31-27(35)17-3-9-21(29)10-4-17/h1-12,14-15H,13H2,(H,30,34)(H,31,35). The van der Waals surface area contributed by atoms with E-state index in [1.165, 1.54) is 48.5 Å². The smallest absolute Gasteiger partial charge is 0.275 e. The number of nitrogens with one attached hydrogen (secondary N) is 2. The van der Waals surface area contributed by atoms with E-state index < -0.39 is 33.3 Å². The van der Waals surface area contributed by atoms with Crippen molar-refractivity contribution in [2.45, 2.75) is 6.42 Å². The van der Waals surface area contributed by atoms with Crippen molar-refractivity contribution in [2.24, 2.45) is 0 Å². The average Bonchev–Trinajstić information content (AvgIpc) is 2.90. The molecule has 0 aliphatic carbocycles. The monoisotopic (exact) mass is 532 g/mol.